The third-order valence-corrected chi connectivity index (χ3v) is 2.07. The number of hydrogen-bond donors (Lipinski definition) is 2. The predicted molar refractivity (Wildman–Crippen MR) is 50.9 cm³/mol. The minimum Gasteiger partial charge on any atom is -0.480 e. The summed E-state index contributed by atoms with van der Waals surface area (Å²) in [6.45, 7) is 3.55. The number of nitrogens with one attached hydrogen (secondary N) is 1. The van der Waals surface area contributed by atoms with Gasteiger partial charge in [0.2, 0.25) is 5.91 Å². The second kappa shape index (κ2) is 6.37. The van der Waals surface area contributed by atoms with Gasteiger partial charge in [-0.15, -0.1) is 0 Å². The molecule has 2 N–H and O–H groups in total. The normalized spacial score (nSPS) is 14.5. The van der Waals surface area contributed by atoms with Gasteiger partial charge in [-0.2, -0.15) is 0 Å². The standard InChI is InChI=1S/C9H17NO4/c1-4-6(2)8(9(12)13)10-7(11)5-14-3/h6,8H,4-5H2,1-3H3,(H,10,11)(H,12,13)/t6-,8-/m1/s1. The average molecular weight is 203 g/mol. The maximum Gasteiger partial charge on any atom is 0.326 e. The number of aliphatic carboxylic acids is 1. The van der Waals surface area contributed by atoms with Crippen LogP contribution in [0.15, 0.2) is 0 Å². The Hall–Kier alpha value is -1.10. The summed E-state index contributed by atoms with van der Waals surface area (Å²) in [5.74, 6) is -1.50. The van der Waals surface area contributed by atoms with Crippen molar-refractivity contribution in [1.29, 1.82) is 0 Å². The largest absolute Gasteiger partial charge is 0.480 e. The van der Waals surface area contributed by atoms with Crippen LogP contribution in [0.3, 0.4) is 0 Å². The lowest BCUT2D eigenvalue weighted by Crippen LogP contribution is -2.46. The highest BCUT2D eigenvalue weighted by atomic mass is 16.5. The fourth-order valence-corrected chi connectivity index (χ4v) is 1.03. The molecule has 0 saturated carbocycles. The molecule has 0 aromatic heterocycles. The smallest absolute Gasteiger partial charge is 0.326 e. The molecule has 14 heavy (non-hydrogen) atoms. The molecular formula is C9H17NO4. The molecular weight excluding hydrogens is 186 g/mol. The van der Waals surface area contributed by atoms with Crippen molar-refractivity contribution < 1.29 is 19.4 Å². The van der Waals surface area contributed by atoms with Crippen LogP contribution in [0.25, 0.3) is 0 Å². The van der Waals surface area contributed by atoms with Gasteiger partial charge in [0.05, 0.1) is 0 Å². The molecule has 0 heterocycles. The minimum atomic E-state index is -1.01. The molecule has 1 amide bonds. The third kappa shape index (κ3) is 4.23. The number of carboxylic acids is 1. The van der Waals surface area contributed by atoms with E-state index in [2.05, 4.69) is 10.1 Å². The topological polar surface area (TPSA) is 75.6 Å². The summed E-state index contributed by atoms with van der Waals surface area (Å²) in [5, 5.41) is 11.2. The number of carbonyl (C=O) groups is 2. The second-order valence-corrected chi connectivity index (χ2v) is 3.20. The Bertz CT molecular complexity index is 205. The molecule has 0 spiro atoms. The van der Waals surface area contributed by atoms with Crippen LogP contribution < -0.4 is 5.32 Å². The Kier molecular flexibility index (Phi) is 5.87. The second-order valence-electron chi connectivity index (χ2n) is 3.20. The average Bonchev–Trinajstić information content (AvgIpc) is 2.13. The van der Waals surface area contributed by atoms with Gasteiger partial charge in [-0.1, -0.05) is 20.3 Å². The molecule has 0 radical (unpaired) electrons. The molecule has 5 nitrogen and oxygen atoms in total. The van der Waals surface area contributed by atoms with Crippen LogP contribution in [0.1, 0.15) is 20.3 Å². The van der Waals surface area contributed by atoms with Crippen molar-refractivity contribution in [2.24, 2.45) is 5.92 Å². The number of methoxy groups -OCH3 is 1. The fraction of sp³-hybridized carbons (Fsp3) is 0.778. The zero-order valence-corrected chi connectivity index (χ0v) is 8.74. The summed E-state index contributed by atoms with van der Waals surface area (Å²) in [7, 11) is 1.39. The molecule has 0 aliphatic carbocycles. The number of amides is 1. The van der Waals surface area contributed by atoms with Gasteiger partial charge in [0.1, 0.15) is 12.6 Å². The molecule has 0 aromatic rings. The van der Waals surface area contributed by atoms with Crippen molar-refractivity contribution >= 4 is 11.9 Å². The first-order valence-corrected chi connectivity index (χ1v) is 4.54. The zero-order valence-electron chi connectivity index (χ0n) is 8.74. The molecule has 0 bridgehead atoms. The number of carbonyl (C=O) groups excluding carboxylic acids is 1. The van der Waals surface area contributed by atoms with Crippen molar-refractivity contribution in [3.8, 4) is 0 Å². The van der Waals surface area contributed by atoms with E-state index in [4.69, 9.17) is 5.11 Å². The third-order valence-electron chi connectivity index (χ3n) is 2.07. The minimum absolute atomic E-state index is 0.0895. The Balaban J connectivity index is 4.23. The molecule has 2 atom stereocenters. The summed E-state index contributed by atoms with van der Waals surface area (Å²) in [6.07, 6.45) is 0.699. The molecule has 0 saturated heterocycles. The quantitative estimate of drug-likeness (QED) is 0.648. The van der Waals surface area contributed by atoms with E-state index in [-0.39, 0.29) is 12.5 Å². The highest BCUT2D eigenvalue weighted by molar-refractivity contribution is 5.84. The summed E-state index contributed by atoms with van der Waals surface area (Å²) < 4.78 is 4.59. The lowest BCUT2D eigenvalue weighted by molar-refractivity contribution is -0.143. The van der Waals surface area contributed by atoms with E-state index in [1.165, 1.54) is 7.11 Å². The van der Waals surface area contributed by atoms with Gasteiger partial charge in [0.15, 0.2) is 0 Å². The van der Waals surface area contributed by atoms with Crippen molar-refractivity contribution in [3.05, 3.63) is 0 Å². The fourth-order valence-electron chi connectivity index (χ4n) is 1.03. The number of ether oxygens (including phenoxy) is 1. The van der Waals surface area contributed by atoms with Crippen molar-refractivity contribution in [2.45, 2.75) is 26.3 Å². The Morgan fingerprint density at radius 1 is 1.50 bits per heavy atom. The number of hydrogen-bond acceptors (Lipinski definition) is 3. The molecule has 0 rings (SSSR count). The number of rotatable bonds is 6. The first-order valence-electron chi connectivity index (χ1n) is 4.54. The lowest BCUT2D eigenvalue weighted by Gasteiger charge is -2.19. The molecule has 0 unspecified atom stereocenters. The maximum absolute atomic E-state index is 11.1. The van der Waals surface area contributed by atoms with E-state index >= 15 is 0 Å². The predicted octanol–water partition coefficient (Wildman–Crippen LogP) is 0.248. The number of carboxylic acid groups (broad SMARTS) is 1. The summed E-state index contributed by atoms with van der Waals surface area (Å²) in [4.78, 5) is 21.9. The van der Waals surface area contributed by atoms with Crippen molar-refractivity contribution in [2.75, 3.05) is 13.7 Å². The molecule has 0 aliphatic heterocycles. The summed E-state index contributed by atoms with van der Waals surface area (Å²) in [5.41, 5.74) is 0. The van der Waals surface area contributed by atoms with Crippen LogP contribution >= 0.6 is 0 Å². The molecule has 0 fully saturated rings. The van der Waals surface area contributed by atoms with Gasteiger partial charge in [-0.25, -0.2) is 4.79 Å². The van der Waals surface area contributed by atoms with Crippen LogP contribution in [0, 0.1) is 5.92 Å². The first kappa shape index (κ1) is 12.9. The molecule has 5 heteroatoms. The SMILES string of the molecule is CC[C@@H](C)[C@@H](NC(=O)COC)C(=O)O. The summed E-state index contributed by atoms with van der Waals surface area (Å²) >= 11 is 0. The van der Waals surface area contributed by atoms with Crippen LogP contribution in [0.2, 0.25) is 0 Å². The first-order chi connectivity index (χ1) is 6.52. The van der Waals surface area contributed by atoms with Gasteiger partial charge in [-0.3, -0.25) is 4.79 Å². The van der Waals surface area contributed by atoms with Crippen molar-refractivity contribution in [3.63, 3.8) is 0 Å². The molecule has 82 valence electrons. The Morgan fingerprint density at radius 3 is 2.43 bits per heavy atom. The van der Waals surface area contributed by atoms with Gasteiger partial charge >= 0.3 is 5.97 Å². The highest BCUT2D eigenvalue weighted by Crippen LogP contribution is 2.07. The van der Waals surface area contributed by atoms with Gasteiger partial charge in [-0.05, 0) is 5.92 Å². The molecule has 0 aliphatic rings. The monoisotopic (exact) mass is 203 g/mol. The van der Waals surface area contributed by atoms with E-state index in [0.717, 1.165) is 0 Å². The van der Waals surface area contributed by atoms with Crippen LogP contribution in [-0.2, 0) is 14.3 Å². The van der Waals surface area contributed by atoms with E-state index in [1.54, 1.807) is 6.92 Å². The Morgan fingerprint density at radius 2 is 2.07 bits per heavy atom. The zero-order chi connectivity index (χ0) is 11.1. The summed E-state index contributed by atoms with van der Waals surface area (Å²) in [6, 6.07) is -0.831. The van der Waals surface area contributed by atoms with Gasteiger partial charge in [0, 0.05) is 7.11 Å². The van der Waals surface area contributed by atoms with Crippen LogP contribution in [0.5, 0.6) is 0 Å². The van der Waals surface area contributed by atoms with Crippen molar-refractivity contribution in [1.82, 2.24) is 5.32 Å². The van der Waals surface area contributed by atoms with E-state index in [1.807, 2.05) is 6.92 Å². The van der Waals surface area contributed by atoms with Crippen LogP contribution in [0.4, 0.5) is 0 Å². The Labute approximate surface area is 83.4 Å². The highest BCUT2D eigenvalue weighted by Gasteiger charge is 2.24. The molecule has 0 aromatic carbocycles. The van der Waals surface area contributed by atoms with E-state index < -0.39 is 17.9 Å². The lowest BCUT2D eigenvalue weighted by atomic mass is 9.99. The van der Waals surface area contributed by atoms with Crippen LogP contribution in [-0.4, -0.2) is 36.7 Å². The van der Waals surface area contributed by atoms with Gasteiger partial charge in [0.25, 0.3) is 0 Å². The maximum atomic E-state index is 11.1. The van der Waals surface area contributed by atoms with E-state index in [9.17, 15) is 9.59 Å². The van der Waals surface area contributed by atoms with E-state index in [0.29, 0.717) is 6.42 Å². The van der Waals surface area contributed by atoms with Gasteiger partial charge < -0.3 is 15.2 Å².